The Labute approximate surface area is 159 Å². The Balaban J connectivity index is 1.85. The number of aromatic nitrogens is 3. The van der Waals surface area contributed by atoms with Crippen LogP contribution in [0.3, 0.4) is 0 Å². The van der Waals surface area contributed by atoms with Gasteiger partial charge in [0.1, 0.15) is 0 Å². The average Bonchev–Trinajstić information content (AvgIpc) is 2.96. The first kappa shape index (κ1) is 18.9. The molecule has 3 rings (SSSR count). The predicted molar refractivity (Wildman–Crippen MR) is 103 cm³/mol. The molecule has 0 spiro atoms. The maximum Gasteiger partial charge on any atom is 0.311 e. The number of hydrogen-bond acceptors (Lipinski definition) is 6. The van der Waals surface area contributed by atoms with E-state index in [1.165, 1.54) is 13.2 Å². The number of aryl methyl sites for hydroxylation is 1. The number of carbonyl (C=O) groups is 2. The van der Waals surface area contributed by atoms with Gasteiger partial charge in [0, 0.05) is 28.2 Å². The number of rotatable bonds is 6. The number of Topliss-reactive ketones (excluding diaryl/α,β-unsaturated/α-hetero) is 1. The largest absolute Gasteiger partial charge is 0.469 e. The zero-order valence-corrected chi connectivity index (χ0v) is 16.0. The summed E-state index contributed by atoms with van der Waals surface area (Å²) in [5, 5.41) is 0.688. The lowest BCUT2D eigenvalue weighted by molar-refractivity contribution is -0.139. The van der Waals surface area contributed by atoms with Crippen LogP contribution >= 0.6 is 11.8 Å². The maximum atomic E-state index is 13.0. The Bertz CT molecular complexity index is 1070. The third-order valence-corrected chi connectivity index (χ3v) is 5.11. The van der Waals surface area contributed by atoms with Crippen molar-refractivity contribution in [2.75, 3.05) is 7.11 Å². The highest BCUT2D eigenvalue weighted by Crippen LogP contribution is 2.28. The Morgan fingerprint density at radius 1 is 1.26 bits per heavy atom. The van der Waals surface area contributed by atoms with Crippen molar-refractivity contribution in [2.45, 2.75) is 30.7 Å². The maximum absolute atomic E-state index is 13.0. The molecule has 0 aliphatic heterocycles. The van der Waals surface area contributed by atoms with Gasteiger partial charge in [-0.2, -0.15) is 0 Å². The molecule has 1 atom stereocenters. The third-order valence-electron chi connectivity index (χ3n) is 4.12. The van der Waals surface area contributed by atoms with Crippen LogP contribution in [0.1, 0.15) is 28.7 Å². The van der Waals surface area contributed by atoms with Crippen LogP contribution in [0.5, 0.6) is 0 Å². The van der Waals surface area contributed by atoms with Gasteiger partial charge in [-0.25, -0.2) is 4.98 Å². The molecule has 140 valence electrons. The Morgan fingerprint density at radius 3 is 2.74 bits per heavy atom. The molecule has 8 heteroatoms. The zero-order valence-electron chi connectivity index (χ0n) is 15.2. The fourth-order valence-electron chi connectivity index (χ4n) is 2.87. The predicted octanol–water partition coefficient (Wildman–Crippen LogP) is 2.64. The molecule has 0 radical (unpaired) electrons. The van der Waals surface area contributed by atoms with E-state index in [0.29, 0.717) is 16.4 Å². The number of hydrogen-bond donors (Lipinski definition) is 2. The second-order valence-electron chi connectivity index (χ2n) is 6.09. The van der Waals surface area contributed by atoms with Gasteiger partial charge in [-0.1, -0.05) is 30.0 Å². The molecule has 0 fully saturated rings. The highest BCUT2D eigenvalue weighted by molar-refractivity contribution is 8.00. The highest BCUT2D eigenvalue weighted by Gasteiger charge is 2.23. The summed E-state index contributed by atoms with van der Waals surface area (Å²) >= 11 is 1.15. The summed E-state index contributed by atoms with van der Waals surface area (Å²) < 4.78 is 4.60. The fourth-order valence-corrected chi connectivity index (χ4v) is 3.76. The van der Waals surface area contributed by atoms with E-state index in [2.05, 4.69) is 19.7 Å². The van der Waals surface area contributed by atoms with Crippen molar-refractivity contribution < 1.29 is 14.3 Å². The number of nitrogens with zero attached hydrogens (tertiary/aromatic N) is 1. The lowest BCUT2D eigenvalue weighted by Crippen LogP contribution is -2.18. The minimum absolute atomic E-state index is 0.0593. The van der Waals surface area contributed by atoms with Crippen LogP contribution in [0.25, 0.3) is 10.9 Å². The van der Waals surface area contributed by atoms with Crippen LogP contribution in [-0.4, -0.2) is 39.1 Å². The lowest BCUT2D eigenvalue weighted by atomic mass is 10.1. The van der Waals surface area contributed by atoms with E-state index in [0.717, 1.165) is 28.4 Å². The number of aromatic amines is 2. The highest BCUT2D eigenvalue weighted by atomic mass is 32.2. The van der Waals surface area contributed by atoms with Gasteiger partial charge >= 0.3 is 5.97 Å². The van der Waals surface area contributed by atoms with Gasteiger partial charge in [0.15, 0.2) is 10.9 Å². The summed E-state index contributed by atoms with van der Waals surface area (Å²) in [6, 6.07) is 8.87. The zero-order chi connectivity index (χ0) is 19.6. The topological polar surface area (TPSA) is 105 Å². The van der Waals surface area contributed by atoms with Gasteiger partial charge in [-0.05, 0) is 19.9 Å². The Hall–Kier alpha value is -2.87. The summed E-state index contributed by atoms with van der Waals surface area (Å²) in [6.07, 6.45) is -0.0993. The Morgan fingerprint density at radius 2 is 2.00 bits per heavy atom. The van der Waals surface area contributed by atoms with Crippen molar-refractivity contribution in [1.82, 2.24) is 15.0 Å². The van der Waals surface area contributed by atoms with E-state index in [-0.39, 0.29) is 17.8 Å². The number of esters is 1. The van der Waals surface area contributed by atoms with Crippen molar-refractivity contribution in [2.24, 2.45) is 0 Å². The van der Waals surface area contributed by atoms with Crippen LogP contribution in [0.4, 0.5) is 0 Å². The number of methoxy groups -OCH3 is 1. The van der Waals surface area contributed by atoms with Crippen molar-refractivity contribution in [3.05, 3.63) is 57.6 Å². The molecule has 0 bridgehead atoms. The molecule has 0 saturated heterocycles. The summed E-state index contributed by atoms with van der Waals surface area (Å²) in [4.78, 5) is 46.3. The van der Waals surface area contributed by atoms with Crippen LogP contribution in [0, 0.1) is 6.92 Å². The van der Waals surface area contributed by atoms with Crippen molar-refractivity contribution in [1.29, 1.82) is 0 Å². The number of nitrogens with one attached hydrogen (secondary N) is 2. The molecule has 2 N–H and O–H groups in total. The van der Waals surface area contributed by atoms with Gasteiger partial charge in [0.05, 0.1) is 24.5 Å². The molecule has 2 heterocycles. The van der Waals surface area contributed by atoms with E-state index < -0.39 is 11.2 Å². The number of carbonyl (C=O) groups excluding carboxylic acids is 2. The summed E-state index contributed by atoms with van der Waals surface area (Å²) in [5.74, 6) is -0.543. The number of ketones is 1. The van der Waals surface area contributed by atoms with Crippen molar-refractivity contribution in [3.8, 4) is 0 Å². The number of benzene rings is 1. The van der Waals surface area contributed by atoms with Gasteiger partial charge in [0.2, 0.25) is 0 Å². The number of H-pyrrole nitrogens is 2. The van der Waals surface area contributed by atoms with Crippen LogP contribution < -0.4 is 5.56 Å². The number of fused-ring (bicyclic) bond motifs is 1. The minimum atomic E-state index is -0.484. The van der Waals surface area contributed by atoms with Crippen molar-refractivity contribution >= 4 is 34.4 Å². The molecule has 0 saturated carbocycles. The minimum Gasteiger partial charge on any atom is -0.469 e. The molecule has 2 aromatic heterocycles. The number of thioether (sulfide) groups is 1. The van der Waals surface area contributed by atoms with E-state index in [4.69, 9.17) is 0 Å². The number of ether oxygens (including phenoxy) is 1. The lowest BCUT2D eigenvalue weighted by Gasteiger charge is -2.10. The molecule has 1 aromatic carbocycles. The molecule has 0 unspecified atom stereocenters. The number of para-hydroxylation sites is 1. The summed E-state index contributed by atoms with van der Waals surface area (Å²) in [5.41, 5.74) is 2.26. The standard InChI is InChI=1S/C19H19N3O4S/c1-10-17(13-6-4-5-7-14(13)20-10)18(25)11(2)27-19-21-12(8-15(23)22-19)9-16(24)26-3/h4-8,11,20H,9H2,1-3H3,(H,21,22,23)/t11-/m0/s1. The average molecular weight is 385 g/mol. The first-order valence-corrected chi connectivity index (χ1v) is 9.22. The summed E-state index contributed by atoms with van der Waals surface area (Å²) in [7, 11) is 1.27. The van der Waals surface area contributed by atoms with E-state index >= 15 is 0 Å². The molecule has 0 amide bonds. The smallest absolute Gasteiger partial charge is 0.311 e. The second-order valence-corrected chi connectivity index (χ2v) is 7.42. The Kier molecular flexibility index (Phi) is 5.46. The first-order chi connectivity index (χ1) is 12.9. The molecule has 27 heavy (non-hydrogen) atoms. The van der Waals surface area contributed by atoms with Crippen LogP contribution in [0.15, 0.2) is 40.3 Å². The van der Waals surface area contributed by atoms with Gasteiger partial charge in [0.25, 0.3) is 5.56 Å². The molecule has 0 aliphatic rings. The second kappa shape index (κ2) is 7.79. The quantitative estimate of drug-likeness (QED) is 0.292. The molecule has 0 aliphatic carbocycles. The van der Waals surface area contributed by atoms with E-state index in [1.807, 2.05) is 31.2 Å². The van der Waals surface area contributed by atoms with Crippen molar-refractivity contribution in [3.63, 3.8) is 0 Å². The summed E-state index contributed by atoms with van der Waals surface area (Å²) in [6.45, 7) is 3.63. The monoisotopic (exact) mass is 385 g/mol. The van der Waals surface area contributed by atoms with Gasteiger partial charge in [-0.15, -0.1) is 0 Å². The fraction of sp³-hybridized carbons (Fsp3) is 0.263. The first-order valence-electron chi connectivity index (χ1n) is 8.34. The molecule has 3 aromatic rings. The van der Waals surface area contributed by atoms with Gasteiger partial charge < -0.3 is 14.7 Å². The van der Waals surface area contributed by atoms with Gasteiger partial charge in [-0.3, -0.25) is 14.4 Å². The normalized spacial score (nSPS) is 12.1. The van der Waals surface area contributed by atoms with E-state index in [9.17, 15) is 14.4 Å². The SMILES string of the molecule is COC(=O)Cc1cc(=O)[nH]c(S[C@@H](C)C(=O)c2c(C)[nH]c3ccccc23)n1. The third kappa shape index (κ3) is 4.11. The van der Waals surface area contributed by atoms with E-state index in [1.54, 1.807) is 6.92 Å². The van der Waals surface area contributed by atoms with Crippen LogP contribution in [-0.2, 0) is 16.0 Å². The molecular formula is C19H19N3O4S. The van der Waals surface area contributed by atoms with Crippen LogP contribution in [0.2, 0.25) is 0 Å². The molecular weight excluding hydrogens is 366 g/mol. The molecule has 7 nitrogen and oxygen atoms in total.